The third-order valence-corrected chi connectivity index (χ3v) is 5.44. The van der Waals surface area contributed by atoms with Crippen LogP contribution in [0.5, 0.6) is 0 Å². The average Bonchev–Trinajstić information content (AvgIpc) is 2.37. The van der Waals surface area contributed by atoms with E-state index in [1.165, 1.54) is 32.7 Å². The highest BCUT2D eigenvalue weighted by Gasteiger charge is 2.53. The molecule has 0 aromatic rings. The first-order chi connectivity index (χ1) is 8.17. The number of hydrogen-bond acceptors (Lipinski definition) is 0. The minimum Gasteiger partial charge on any atom is -0.229 e. The van der Waals surface area contributed by atoms with E-state index in [0.717, 1.165) is 13.4 Å². The third kappa shape index (κ3) is 3.25. The molecule has 0 spiro atoms. The van der Waals surface area contributed by atoms with Gasteiger partial charge in [-0.05, 0) is 34.6 Å². The van der Waals surface area contributed by atoms with Gasteiger partial charge in [-0.1, -0.05) is 0 Å². The van der Waals surface area contributed by atoms with Crippen LogP contribution in [0, 0.1) is 0 Å². The molecule has 0 aromatic carbocycles. The van der Waals surface area contributed by atoms with E-state index in [-0.39, 0.29) is 0 Å². The summed E-state index contributed by atoms with van der Waals surface area (Å²) in [5, 5.41) is 0. The van der Waals surface area contributed by atoms with E-state index in [4.69, 9.17) is 0 Å². The van der Waals surface area contributed by atoms with Crippen molar-refractivity contribution in [3.63, 3.8) is 0 Å². The Hall–Kier alpha value is -0.120. The summed E-state index contributed by atoms with van der Waals surface area (Å²) in [6, 6.07) is 0. The van der Waals surface area contributed by atoms with Gasteiger partial charge in [0.2, 0.25) is 0 Å². The summed E-state index contributed by atoms with van der Waals surface area (Å²) in [5.41, 5.74) is 0. The Balaban J connectivity index is 5.72. The molecule has 0 N–H and O–H groups in total. The van der Waals surface area contributed by atoms with Crippen molar-refractivity contribution in [2.24, 2.45) is 0 Å². The van der Waals surface area contributed by atoms with Gasteiger partial charge in [0.15, 0.2) is 0 Å². The molecule has 0 aliphatic heterocycles. The van der Waals surface area contributed by atoms with Crippen molar-refractivity contribution in [3.05, 3.63) is 0 Å². The topological polar surface area (TPSA) is 0 Å². The molecule has 0 radical (unpaired) electrons. The van der Waals surface area contributed by atoms with Crippen LogP contribution in [0.3, 0.4) is 0 Å². The minimum atomic E-state index is 0.611. The smallest absolute Gasteiger partial charge is 0.229 e. The first kappa shape index (κ1) is 17.9. The van der Waals surface area contributed by atoms with Crippen LogP contribution in [0.4, 0.5) is 0 Å². The maximum atomic E-state index is 2.43. The van der Waals surface area contributed by atoms with Crippen LogP contribution in [-0.2, 0) is 0 Å². The maximum absolute atomic E-state index is 2.43. The molecule has 0 bridgehead atoms. The van der Waals surface area contributed by atoms with Crippen LogP contribution < -0.4 is 0 Å². The van der Waals surface area contributed by atoms with Crippen molar-refractivity contribution >= 4 is 0 Å². The normalized spacial score (nSPS) is 14.3. The Labute approximate surface area is 116 Å². The second-order valence-electron chi connectivity index (χ2n) is 6.67. The van der Waals surface area contributed by atoms with Crippen LogP contribution in [-0.4, -0.2) is 80.7 Å². The molecular weight excluding hydrogens is 222 g/mol. The van der Waals surface area contributed by atoms with E-state index in [0.29, 0.717) is 6.29 Å². The Bertz CT molecular complexity index is 222. The molecule has 0 unspecified atom stereocenters. The van der Waals surface area contributed by atoms with Crippen LogP contribution in [0.25, 0.3) is 0 Å². The van der Waals surface area contributed by atoms with Crippen LogP contribution in [0.1, 0.15) is 34.6 Å². The molecule has 0 atom stereocenters. The quantitative estimate of drug-likeness (QED) is 0.464. The predicted molar refractivity (Wildman–Crippen MR) is 81.0 cm³/mol. The molecule has 0 aliphatic carbocycles. The number of nitrogens with zero attached hydrogens (tertiary/aromatic N) is 3. The van der Waals surface area contributed by atoms with Gasteiger partial charge >= 0.3 is 6.29 Å². The molecule has 0 rings (SSSR count). The fourth-order valence-electron chi connectivity index (χ4n) is 3.45. The van der Waals surface area contributed by atoms with E-state index in [2.05, 4.69) is 62.8 Å². The summed E-state index contributed by atoms with van der Waals surface area (Å²) in [7, 11) is 9.66. The summed E-state index contributed by atoms with van der Waals surface area (Å²) >= 11 is 0. The van der Waals surface area contributed by atoms with Crippen molar-refractivity contribution in [2.75, 3.05) is 60.9 Å². The van der Waals surface area contributed by atoms with E-state index < -0.39 is 0 Å². The predicted octanol–water partition coefficient (Wildman–Crippen LogP) is 2.34. The molecule has 3 heteroatoms. The Morgan fingerprint density at radius 3 is 1.00 bits per heavy atom. The lowest BCUT2D eigenvalue weighted by Gasteiger charge is -2.53. The van der Waals surface area contributed by atoms with Gasteiger partial charge < -0.3 is 0 Å². The lowest BCUT2D eigenvalue weighted by molar-refractivity contribution is -1.26. The van der Waals surface area contributed by atoms with E-state index >= 15 is 0 Å². The lowest BCUT2D eigenvalue weighted by atomic mass is 10.2. The molecule has 3 nitrogen and oxygen atoms in total. The zero-order chi connectivity index (χ0) is 14.6. The standard InChI is InChI=1S/C15H38N3/c1-10-16(6,7)15(17(8,11-2)12-3)18(9,13-4)14-5/h15H,10-14H2,1-9H3/q+3. The highest BCUT2D eigenvalue weighted by atomic mass is 15.7. The Kier molecular flexibility index (Phi) is 6.31. The summed E-state index contributed by atoms with van der Waals surface area (Å²) in [5.74, 6) is 0. The Morgan fingerprint density at radius 1 is 0.556 bits per heavy atom. The lowest BCUT2D eigenvalue weighted by Crippen LogP contribution is -2.77. The highest BCUT2D eigenvalue weighted by molar-refractivity contribution is 4.40. The largest absolute Gasteiger partial charge is 0.342 e. The monoisotopic (exact) mass is 260 g/mol. The van der Waals surface area contributed by atoms with Crippen molar-refractivity contribution in [1.29, 1.82) is 0 Å². The molecule has 0 fully saturated rings. The van der Waals surface area contributed by atoms with Gasteiger partial charge in [-0.25, -0.2) is 13.4 Å². The summed E-state index contributed by atoms with van der Waals surface area (Å²) < 4.78 is 3.40. The van der Waals surface area contributed by atoms with Gasteiger partial charge in [0.1, 0.15) is 0 Å². The second-order valence-corrected chi connectivity index (χ2v) is 6.67. The minimum absolute atomic E-state index is 0.611. The molecule has 0 aliphatic rings. The molecule has 18 heavy (non-hydrogen) atoms. The van der Waals surface area contributed by atoms with E-state index in [9.17, 15) is 0 Å². The summed E-state index contributed by atoms with van der Waals surface area (Å²) in [4.78, 5) is 0. The van der Waals surface area contributed by atoms with Crippen LogP contribution in [0.2, 0.25) is 0 Å². The fraction of sp³-hybridized carbons (Fsp3) is 1.00. The fourth-order valence-corrected chi connectivity index (χ4v) is 3.45. The van der Waals surface area contributed by atoms with Gasteiger partial charge in [0.25, 0.3) is 0 Å². The van der Waals surface area contributed by atoms with Crippen LogP contribution in [0.15, 0.2) is 0 Å². The Morgan fingerprint density at radius 2 is 0.833 bits per heavy atom. The van der Waals surface area contributed by atoms with E-state index in [1.807, 2.05) is 0 Å². The zero-order valence-electron chi connectivity index (χ0n) is 14.5. The first-order valence-electron chi connectivity index (χ1n) is 7.68. The average molecular weight is 260 g/mol. The SMILES string of the molecule is CC[N+](C)(C)C([N+](C)(CC)CC)[N+](C)(CC)CC. The van der Waals surface area contributed by atoms with Crippen molar-refractivity contribution in [2.45, 2.75) is 40.9 Å². The zero-order valence-corrected chi connectivity index (χ0v) is 14.5. The number of hydrogen-bond donors (Lipinski definition) is 0. The molecule has 110 valence electrons. The summed E-state index contributed by atoms with van der Waals surface area (Å²) in [6.07, 6.45) is 0.611. The van der Waals surface area contributed by atoms with Crippen molar-refractivity contribution in [3.8, 4) is 0 Å². The van der Waals surface area contributed by atoms with Gasteiger partial charge in [-0.2, -0.15) is 0 Å². The van der Waals surface area contributed by atoms with Crippen molar-refractivity contribution in [1.82, 2.24) is 0 Å². The van der Waals surface area contributed by atoms with Gasteiger partial charge in [0, 0.05) is 0 Å². The molecule has 0 saturated heterocycles. The van der Waals surface area contributed by atoms with Gasteiger partial charge in [-0.15, -0.1) is 0 Å². The van der Waals surface area contributed by atoms with Gasteiger partial charge in [-0.3, -0.25) is 0 Å². The molecule has 0 heterocycles. The molecule has 0 amide bonds. The van der Waals surface area contributed by atoms with Crippen LogP contribution >= 0.6 is 0 Å². The van der Waals surface area contributed by atoms with Gasteiger partial charge in [0.05, 0.1) is 60.9 Å². The maximum Gasteiger partial charge on any atom is 0.342 e. The second kappa shape index (κ2) is 6.36. The third-order valence-electron chi connectivity index (χ3n) is 5.44. The number of rotatable bonds is 8. The molecular formula is C15H38N3+3. The number of quaternary nitrogens is 3. The first-order valence-corrected chi connectivity index (χ1v) is 7.68. The van der Waals surface area contributed by atoms with E-state index in [1.54, 1.807) is 0 Å². The van der Waals surface area contributed by atoms with Crippen molar-refractivity contribution < 1.29 is 13.4 Å². The molecule has 0 aromatic heterocycles. The summed E-state index contributed by atoms with van der Waals surface area (Å²) in [6.45, 7) is 17.7. The highest BCUT2D eigenvalue weighted by Crippen LogP contribution is 2.27. The molecule has 0 saturated carbocycles.